The van der Waals surface area contributed by atoms with Gasteiger partial charge >= 0.3 is 21.3 Å². The number of anilines is 1. The van der Waals surface area contributed by atoms with Gasteiger partial charge < -0.3 is 29.6 Å². The van der Waals surface area contributed by atoms with E-state index in [-0.39, 0.29) is 12.4 Å². The van der Waals surface area contributed by atoms with Crippen LogP contribution in [0, 0.1) is 0 Å². The lowest BCUT2D eigenvalue weighted by molar-refractivity contribution is -0.0541. The fourth-order valence-electron chi connectivity index (χ4n) is 2.85. The third-order valence-electron chi connectivity index (χ3n) is 4.31. The van der Waals surface area contributed by atoms with Crippen LogP contribution in [0.1, 0.15) is 11.8 Å². The number of rotatable bonds is 10. The van der Waals surface area contributed by atoms with Gasteiger partial charge in [-0.1, -0.05) is 30.3 Å². The molecule has 1 aliphatic heterocycles. The molecule has 33 heavy (non-hydrogen) atoms. The Balaban J connectivity index is 1.60. The number of aliphatic hydroxyl groups excluding tert-OH is 2. The van der Waals surface area contributed by atoms with Gasteiger partial charge in [0.2, 0.25) is 0 Å². The van der Waals surface area contributed by atoms with Crippen molar-refractivity contribution in [3.05, 3.63) is 58.6 Å². The second kappa shape index (κ2) is 10.5. The number of hydrogen-bond donors (Lipinski definition) is 6. The molecule has 2 aromatic rings. The molecule has 1 unspecified atom stereocenters. The molecule has 1 aromatic carbocycles. The average molecular weight is 509 g/mol. The molecular formula is C16H21N3O12P2. The first kappa shape index (κ1) is 25.6. The molecule has 3 rings (SSSR count). The zero-order valence-electron chi connectivity index (χ0n) is 16.6. The molecule has 0 spiro atoms. The van der Waals surface area contributed by atoms with Gasteiger partial charge in [-0.25, -0.2) is 19.4 Å². The van der Waals surface area contributed by atoms with Crippen molar-refractivity contribution >= 4 is 21.5 Å². The summed E-state index contributed by atoms with van der Waals surface area (Å²) in [5, 5.41) is 20.3. The van der Waals surface area contributed by atoms with Gasteiger partial charge in [0.25, 0.3) is 0 Å². The van der Waals surface area contributed by atoms with Crippen LogP contribution in [0.5, 0.6) is 0 Å². The molecule has 1 aromatic heterocycles. The highest BCUT2D eigenvalue weighted by Crippen LogP contribution is 2.57. The number of benzene rings is 1. The highest BCUT2D eigenvalue weighted by Gasteiger charge is 2.45. The first-order chi connectivity index (χ1) is 15.5. The molecule has 0 radical (unpaired) electrons. The van der Waals surface area contributed by atoms with Crippen LogP contribution in [0.25, 0.3) is 0 Å². The Hall–Kier alpha value is -2.00. The van der Waals surface area contributed by atoms with E-state index >= 15 is 0 Å². The molecule has 1 aliphatic rings. The lowest BCUT2D eigenvalue weighted by atomic mass is 10.1. The monoisotopic (exact) mass is 509 g/mol. The SMILES string of the molecule is O=c1nc(NOCc2ccccc2)ccn1[C@@H]1O[C@H](COP(=O)(O)OP(=O)(O)O)[C@@H](O)[C@H]1O. The quantitative estimate of drug-likeness (QED) is 0.178. The molecular weight excluding hydrogens is 488 g/mol. The molecule has 15 nitrogen and oxygen atoms in total. The predicted molar refractivity (Wildman–Crippen MR) is 108 cm³/mol. The molecule has 6 N–H and O–H groups in total. The second-order valence-electron chi connectivity index (χ2n) is 6.76. The highest BCUT2D eigenvalue weighted by atomic mass is 31.3. The zero-order chi connectivity index (χ0) is 24.2. The molecule has 0 saturated carbocycles. The number of ether oxygens (including phenoxy) is 1. The maximum absolute atomic E-state index is 12.4. The van der Waals surface area contributed by atoms with Crippen molar-refractivity contribution in [3.63, 3.8) is 0 Å². The van der Waals surface area contributed by atoms with Crippen LogP contribution in [0.2, 0.25) is 0 Å². The van der Waals surface area contributed by atoms with E-state index in [1.807, 2.05) is 30.3 Å². The lowest BCUT2D eigenvalue weighted by Crippen LogP contribution is -2.36. The summed E-state index contributed by atoms with van der Waals surface area (Å²) in [6, 6.07) is 10.5. The Kier molecular flexibility index (Phi) is 8.16. The number of phosphoric acid groups is 2. The Morgan fingerprint density at radius 3 is 2.42 bits per heavy atom. The third kappa shape index (κ3) is 7.24. The van der Waals surface area contributed by atoms with Gasteiger partial charge in [-0.3, -0.25) is 13.9 Å². The van der Waals surface area contributed by atoms with E-state index in [4.69, 9.17) is 19.4 Å². The van der Waals surface area contributed by atoms with Crippen molar-refractivity contribution in [2.75, 3.05) is 12.1 Å². The summed E-state index contributed by atoms with van der Waals surface area (Å²) in [5.74, 6) is 0.0657. The number of nitrogens with one attached hydrogen (secondary N) is 1. The standard InChI is InChI=1S/C16H21N3O12P2/c20-13-11(9-29-33(26,27)31-32(23,24)25)30-15(14(13)21)19-7-6-12(17-16(19)22)18-28-8-10-4-2-1-3-5-10/h1-7,11,13-15,20-21H,8-9H2,(H,26,27)(H,17,18,22)(H2,23,24,25)/t11-,13-,14-,15-/m1/s1. The minimum atomic E-state index is -5.33. The van der Waals surface area contributed by atoms with Gasteiger partial charge in [0.15, 0.2) is 12.0 Å². The number of nitrogens with zero attached hydrogens (tertiary/aromatic N) is 2. The Morgan fingerprint density at radius 2 is 1.79 bits per heavy atom. The molecule has 0 bridgehead atoms. The largest absolute Gasteiger partial charge is 0.481 e. The van der Waals surface area contributed by atoms with Crippen LogP contribution in [0.4, 0.5) is 5.82 Å². The van der Waals surface area contributed by atoms with Crippen molar-refractivity contribution in [2.45, 2.75) is 31.1 Å². The zero-order valence-corrected chi connectivity index (χ0v) is 18.4. The Labute approximate surface area is 186 Å². The minimum absolute atomic E-state index is 0.0657. The summed E-state index contributed by atoms with van der Waals surface area (Å²) < 4.78 is 36.4. The number of hydrogen-bond acceptors (Lipinski definition) is 11. The summed E-state index contributed by atoms with van der Waals surface area (Å²) in [5.41, 5.74) is 2.50. The first-order valence-corrected chi connectivity index (χ1v) is 12.2. The van der Waals surface area contributed by atoms with E-state index in [0.717, 1.165) is 10.1 Å². The Bertz CT molecular complexity index is 1090. The number of aromatic nitrogens is 2. The average Bonchev–Trinajstić information content (AvgIpc) is 3.00. The normalized spacial score (nSPS) is 25.0. The van der Waals surface area contributed by atoms with Crippen LogP contribution in [-0.4, -0.2) is 59.4 Å². The lowest BCUT2D eigenvalue weighted by Gasteiger charge is -2.18. The van der Waals surface area contributed by atoms with Gasteiger partial charge in [-0.2, -0.15) is 9.29 Å². The fourth-order valence-corrected chi connectivity index (χ4v) is 4.45. The maximum Gasteiger partial charge on any atom is 0.481 e. The summed E-state index contributed by atoms with van der Waals surface area (Å²) in [4.78, 5) is 47.8. The van der Waals surface area contributed by atoms with Crippen molar-refractivity contribution in [2.24, 2.45) is 0 Å². The molecule has 1 fully saturated rings. The molecule has 0 amide bonds. The van der Waals surface area contributed by atoms with E-state index in [2.05, 4.69) is 19.3 Å². The van der Waals surface area contributed by atoms with Crippen molar-refractivity contribution in [3.8, 4) is 0 Å². The van der Waals surface area contributed by atoms with Gasteiger partial charge in [0.1, 0.15) is 18.3 Å². The number of aliphatic hydroxyl groups is 2. The van der Waals surface area contributed by atoms with E-state index in [9.17, 15) is 29.0 Å². The van der Waals surface area contributed by atoms with Crippen molar-refractivity contribution < 1.29 is 52.4 Å². The Morgan fingerprint density at radius 1 is 1.09 bits per heavy atom. The van der Waals surface area contributed by atoms with E-state index < -0.39 is 52.5 Å². The van der Waals surface area contributed by atoms with E-state index in [0.29, 0.717) is 0 Å². The van der Waals surface area contributed by atoms with Crippen LogP contribution in [0.15, 0.2) is 47.4 Å². The molecule has 0 aliphatic carbocycles. The molecule has 5 atom stereocenters. The third-order valence-corrected chi connectivity index (χ3v) is 6.46. The summed E-state index contributed by atoms with van der Waals surface area (Å²) in [6.07, 6.45) is -5.00. The van der Waals surface area contributed by atoms with Crippen molar-refractivity contribution in [1.82, 2.24) is 9.55 Å². The van der Waals surface area contributed by atoms with Crippen LogP contribution < -0.4 is 11.2 Å². The van der Waals surface area contributed by atoms with Crippen LogP contribution in [-0.2, 0) is 34.1 Å². The summed E-state index contributed by atoms with van der Waals surface area (Å²) in [6.45, 7) is -0.692. The molecule has 182 valence electrons. The van der Waals surface area contributed by atoms with Crippen molar-refractivity contribution in [1.29, 1.82) is 0 Å². The van der Waals surface area contributed by atoms with Gasteiger partial charge in [0, 0.05) is 6.20 Å². The van der Waals surface area contributed by atoms with Gasteiger partial charge in [-0.05, 0) is 11.6 Å². The highest BCUT2D eigenvalue weighted by molar-refractivity contribution is 7.60. The second-order valence-corrected chi connectivity index (χ2v) is 9.59. The topological polar surface area (TPSA) is 219 Å². The number of phosphoric ester groups is 1. The van der Waals surface area contributed by atoms with E-state index in [1.165, 1.54) is 12.3 Å². The van der Waals surface area contributed by atoms with Crippen LogP contribution >= 0.6 is 15.6 Å². The molecule has 1 saturated heterocycles. The first-order valence-electron chi connectivity index (χ1n) is 9.22. The van der Waals surface area contributed by atoms with E-state index in [1.54, 1.807) is 0 Å². The predicted octanol–water partition coefficient (Wildman–Crippen LogP) is -0.368. The minimum Gasteiger partial charge on any atom is -0.387 e. The smallest absolute Gasteiger partial charge is 0.387 e. The summed E-state index contributed by atoms with van der Waals surface area (Å²) >= 11 is 0. The fraction of sp³-hybridized carbons (Fsp3) is 0.375. The van der Waals surface area contributed by atoms with Gasteiger partial charge in [0.05, 0.1) is 13.2 Å². The molecule has 17 heteroatoms. The van der Waals surface area contributed by atoms with Crippen LogP contribution in [0.3, 0.4) is 0 Å². The molecule has 2 heterocycles. The van der Waals surface area contributed by atoms with Gasteiger partial charge in [-0.15, -0.1) is 0 Å². The summed E-state index contributed by atoms with van der Waals surface area (Å²) in [7, 11) is -10.5. The maximum atomic E-state index is 12.4.